The highest BCUT2D eigenvalue weighted by Crippen LogP contribution is 2.21. The lowest BCUT2D eigenvalue weighted by molar-refractivity contribution is -0.131. The van der Waals surface area contributed by atoms with Crippen molar-refractivity contribution >= 4 is 23.6 Å². The fraction of sp³-hybridized carbons (Fsp3) is 0.545. The van der Waals surface area contributed by atoms with Gasteiger partial charge in [0, 0.05) is 56.1 Å². The molecule has 0 saturated carbocycles. The molecule has 30 heavy (non-hydrogen) atoms. The van der Waals surface area contributed by atoms with Crippen molar-refractivity contribution in [2.75, 3.05) is 42.7 Å². The van der Waals surface area contributed by atoms with Crippen LogP contribution < -0.4 is 16.0 Å². The molecule has 8 heteroatoms. The van der Waals surface area contributed by atoms with E-state index >= 15 is 0 Å². The number of amides is 1. The third-order valence-corrected chi connectivity index (χ3v) is 6.86. The summed E-state index contributed by atoms with van der Waals surface area (Å²) < 4.78 is 2.16. The van der Waals surface area contributed by atoms with E-state index in [4.69, 9.17) is 5.73 Å². The number of benzene rings is 1. The van der Waals surface area contributed by atoms with Gasteiger partial charge in [0.2, 0.25) is 11.9 Å². The van der Waals surface area contributed by atoms with Crippen molar-refractivity contribution in [1.82, 2.24) is 19.8 Å². The minimum atomic E-state index is -0.349. The number of piperazine rings is 1. The second-order valence-electron chi connectivity index (χ2n) is 8.06. The topological polar surface area (TPSA) is 79.4 Å². The van der Waals surface area contributed by atoms with Crippen molar-refractivity contribution in [3.8, 4) is 5.69 Å². The van der Waals surface area contributed by atoms with Crippen LogP contribution in [-0.4, -0.2) is 70.3 Å². The number of hydrogen-bond donors (Lipinski definition) is 2. The molecular formula is C22H32N6OS. The summed E-state index contributed by atoms with van der Waals surface area (Å²) in [4.78, 5) is 21.2. The molecule has 3 heterocycles. The van der Waals surface area contributed by atoms with E-state index < -0.39 is 0 Å². The molecule has 162 valence electrons. The zero-order valence-electron chi connectivity index (χ0n) is 17.4. The zero-order chi connectivity index (χ0) is 20.8. The van der Waals surface area contributed by atoms with Crippen LogP contribution in [0.25, 0.3) is 5.69 Å². The van der Waals surface area contributed by atoms with Gasteiger partial charge in [-0.2, -0.15) is 0 Å². The van der Waals surface area contributed by atoms with Crippen LogP contribution in [0.1, 0.15) is 25.7 Å². The van der Waals surface area contributed by atoms with Crippen LogP contribution in [0.2, 0.25) is 0 Å². The maximum Gasteiger partial charge on any atom is 0.240 e. The first-order chi connectivity index (χ1) is 14.7. The van der Waals surface area contributed by atoms with Crippen LogP contribution in [0.4, 0.5) is 5.95 Å². The number of hydrogen-bond acceptors (Lipinski definition) is 6. The number of rotatable bonds is 8. The van der Waals surface area contributed by atoms with Gasteiger partial charge in [-0.25, -0.2) is 4.98 Å². The number of nitrogens with two attached hydrogens (primary N) is 1. The van der Waals surface area contributed by atoms with E-state index in [0.29, 0.717) is 6.04 Å². The minimum absolute atomic E-state index is 0.120. The smallest absolute Gasteiger partial charge is 0.240 e. The van der Waals surface area contributed by atoms with Crippen LogP contribution in [0, 0.1) is 0 Å². The van der Waals surface area contributed by atoms with E-state index in [1.165, 1.54) is 0 Å². The Bertz CT molecular complexity index is 807. The van der Waals surface area contributed by atoms with E-state index in [0.717, 1.165) is 75.1 Å². The summed E-state index contributed by atoms with van der Waals surface area (Å²) in [7, 11) is 0. The van der Waals surface area contributed by atoms with Crippen molar-refractivity contribution in [3.63, 3.8) is 0 Å². The molecule has 0 spiro atoms. The minimum Gasteiger partial charge on any atom is -0.339 e. The molecule has 0 aliphatic carbocycles. The third kappa shape index (κ3) is 5.17. The summed E-state index contributed by atoms with van der Waals surface area (Å²) in [6.45, 7) is 3.70. The largest absolute Gasteiger partial charge is 0.339 e. The number of thioether (sulfide) groups is 1. The first-order valence-electron chi connectivity index (χ1n) is 10.9. The van der Waals surface area contributed by atoms with Gasteiger partial charge in [0.1, 0.15) is 0 Å². The number of unbranched alkanes of at least 4 members (excludes halogenated alkanes) is 1. The molecule has 2 aliphatic heterocycles. The van der Waals surface area contributed by atoms with Crippen LogP contribution >= 0.6 is 11.8 Å². The number of nitrogens with one attached hydrogen (secondary N) is 1. The van der Waals surface area contributed by atoms with Gasteiger partial charge in [-0.15, -0.1) is 11.8 Å². The summed E-state index contributed by atoms with van der Waals surface area (Å²) in [5.74, 6) is 2.95. The van der Waals surface area contributed by atoms with Crippen molar-refractivity contribution in [1.29, 1.82) is 0 Å². The number of aromatic nitrogens is 2. The van der Waals surface area contributed by atoms with Crippen molar-refractivity contribution < 1.29 is 4.79 Å². The van der Waals surface area contributed by atoms with Gasteiger partial charge in [-0.3, -0.25) is 9.36 Å². The number of carbonyl (C=O) groups excluding carboxylic acids is 1. The summed E-state index contributed by atoms with van der Waals surface area (Å²) in [5, 5.41) is 3.64. The molecule has 7 nitrogen and oxygen atoms in total. The van der Waals surface area contributed by atoms with E-state index in [1.54, 1.807) is 11.8 Å². The fourth-order valence-corrected chi connectivity index (χ4v) is 5.18. The Kier molecular flexibility index (Phi) is 7.30. The average molecular weight is 429 g/mol. The van der Waals surface area contributed by atoms with Crippen LogP contribution in [0.3, 0.4) is 0 Å². The molecule has 2 atom stereocenters. The molecule has 1 aromatic heterocycles. The monoisotopic (exact) mass is 428 g/mol. The van der Waals surface area contributed by atoms with E-state index in [-0.39, 0.29) is 11.9 Å². The highest BCUT2D eigenvalue weighted by Gasteiger charge is 2.25. The molecule has 2 aromatic rings. The second kappa shape index (κ2) is 10.3. The number of imidazole rings is 1. The molecule has 1 amide bonds. The van der Waals surface area contributed by atoms with Gasteiger partial charge in [-0.05, 0) is 25.0 Å². The van der Waals surface area contributed by atoms with Gasteiger partial charge in [0.05, 0.1) is 11.9 Å². The zero-order valence-corrected chi connectivity index (χ0v) is 18.3. The number of para-hydroxylation sites is 1. The lowest BCUT2D eigenvalue weighted by Gasteiger charge is -2.34. The number of carbonyl (C=O) groups is 1. The lowest BCUT2D eigenvalue weighted by atomic mass is 10.0. The van der Waals surface area contributed by atoms with Gasteiger partial charge in [-0.1, -0.05) is 31.0 Å². The van der Waals surface area contributed by atoms with Gasteiger partial charge >= 0.3 is 0 Å². The molecule has 2 unspecified atom stereocenters. The van der Waals surface area contributed by atoms with Gasteiger partial charge in [0.25, 0.3) is 0 Å². The van der Waals surface area contributed by atoms with Gasteiger partial charge < -0.3 is 20.9 Å². The first-order valence-corrected chi connectivity index (χ1v) is 12.1. The Morgan fingerprint density at radius 3 is 2.93 bits per heavy atom. The molecule has 4 rings (SSSR count). The third-order valence-electron chi connectivity index (χ3n) is 5.89. The normalized spacial score (nSPS) is 20.5. The van der Waals surface area contributed by atoms with Crippen molar-refractivity contribution in [2.45, 2.75) is 37.8 Å². The summed E-state index contributed by atoms with van der Waals surface area (Å²) in [6.07, 6.45) is 7.83. The maximum atomic E-state index is 12.3. The Balaban J connectivity index is 1.24. The Morgan fingerprint density at radius 2 is 2.13 bits per heavy atom. The van der Waals surface area contributed by atoms with Crippen molar-refractivity contribution in [3.05, 3.63) is 42.7 Å². The summed E-state index contributed by atoms with van der Waals surface area (Å²) in [6, 6.07) is 10.4. The standard InChI is InChI=1S/C22H32N6OS/c23-20(21(29)27-14-15-30-17-27)9-5-4-6-18-16-26(12-10-24-18)22-25-11-13-28(22)19-7-2-1-3-8-19/h1-3,7-8,11,13,18,20,24H,4-6,9-10,12,14-17,23H2. The lowest BCUT2D eigenvalue weighted by Crippen LogP contribution is -2.51. The SMILES string of the molecule is NC(CCCCC1CN(c2nccn2-c2ccccc2)CCN1)C(=O)N1CCSC1. The summed E-state index contributed by atoms with van der Waals surface area (Å²) >= 11 is 1.80. The Morgan fingerprint density at radius 1 is 1.27 bits per heavy atom. The number of anilines is 1. The Hall–Kier alpha value is -2.03. The predicted octanol–water partition coefficient (Wildman–Crippen LogP) is 2.07. The van der Waals surface area contributed by atoms with Gasteiger partial charge in [0.15, 0.2) is 0 Å². The molecule has 2 saturated heterocycles. The molecule has 0 bridgehead atoms. The maximum absolute atomic E-state index is 12.3. The van der Waals surface area contributed by atoms with Crippen LogP contribution in [0.15, 0.2) is 42.7 Å². The average Bonchev–Trinajstić information content (AvgIpc) is 3.49. The van der Waals surface area contributed by atoms with E-state index in [2.05, 4.69) is 44.0 Å². The molecule has 3 N–H and O–H groups in total. The van der Waals surface area contributed by atoms with E-state index in [9.17, 15) is 4.79 Å². The number of nitrogens with zero attached hydrogens (tertiary/aromatic N) is 4. The molecular weight excluding hydrogens is 396 g/mol. The van der Waals surface area contributed by atoms with Crippen molar-refractivity contribution in [2.24, 2.45) is 5.73 Å². The van der Waals surface area contributed by atoms with Crippen LogP contribution in [-0.2, 0) is 4.79 Å². The molecule has 1 aromatic carbocycles. The molecule has 2 aliphatic rings. The second-order valence-corrected chi connectivity index (χ2v) is 9.13. The quantitative estimate of drug-likeness (QED) is 0.627. The Labute approximate surface area is 183 Å². The highest BCUT2D eigenvalue weighted by molar-refractivity contribution is 7.99. The predicted molar refractivity (Wildman–Crippen MR) is 123 cm³/mol. The molecule has 2 fully saturated rings. The first kappa shape index (κ1) is 21.2. The highest BCUT2D eigenvalue weighted by atomic mass is 32.2. The molecule has 0 radical (unpaired) electrons. The van der Waals surface area contributed by atoms with E-state index in [1.807, 2.05) is 23.4 Å². The fourth-order valence-electron chi connectivity index (χ4n) is 4.22. The summed E-state index contributed by atoms with van der Waals surface area (Å²) in [5.41, 5.74) is 7.27. The van der Waals surface area contributed by atoms with Crippen LogP contribution in [0.5, 0.6) is 0 Å².